The lowest BCUT2D eigenvalue weighted by Gasteiger charge is -2.30. The van der Waals surface area contributed by atoms with E-state index in [0.717, 1.165) is 40.4 Å². The lowest BCUT2D eigenvalue weighted by molar-refractivity contribution is -0.139. The number of carbonyl (C=O) groups is 3. The van der Waals surface area contributed by atoms with Crippen LogP contribution < -0.4 is 10.2 Å². The third-order valence-electron chi connectivity index (χ3n) is 6.41. The van der Waals surface area contributed by atoms with Gasteiger partial charge in [0.2, 0.25) is 11.8 Å². The molecule has 6 nitrogen and oxygen atoms in total. The predicted octanol–water partition coefficient (Wildman–Crippen LogP) is 4.44. The molecule has 34 heavy (non-hydrogen) atoms. The van der Waals surface area contributed by atoms with Crippen LogP contribution in [0.5, 0.6) is 0 Å². The second kappa shape index (κ2) is 10.1. The van der Waals surface area contributed by atoms with Crippen molar-refractivity contribution in [2.24, 2.45) is 0 Å². The second-order valence-corrected chi connectivity index (χ2v) is 8.90. The third kappa shape index (κ3) is 4.67. The number of nitrogens with one attached hydrogen (secondary N) is 1. The minimum absolute atomic E-state index is 0.120. The quantitative estimate of drug-likeness (QED) is 0.483. The molecule has 0 saturated carbocycles. The van der Waals surface area contributed by atoms with Crippen molar-refractivity contribution in [2.75, 3.05) is 18.0 Å². The topological polar surface area (TPSA) is 69.7 Å². The lowest BCUT2D eigenvalue weighted by Crippen LogP contribution is -2.51. The summed E-state index contributed by atoms with van der Waals surface area (Å²) < 4.78 is 0. The first-order chi connectivity index (χ1) is 16.4. The molecule has 1 atom stereocenters. The molecular weight excluding hydrogens is 426 g/mol. The molecule has 1 heterocycles. The van der Waals surface area contributed by atoms with Crippen LogP contribution in [-0.2, 0) is 16.1 Å². The van der Waals surface area contributed by atoms with Crippen molar-refractivity contribution in [3.63, 3.8) is 0 Å². The van der Waals surface area contributed by atoms with E-state index in [9.17, 15) is 14.4 Å². The number of hydrogen-bond donors (Lipinski definition) is 1. The summed E-state index contributed by atoms with van der Waals surface area (Å²) in [5.41, 5.74) is 3.41. The van der Waals surface area contributed by atoms with Crippen molar-refractivity contribution < 1.29 is 14.4 Å². The van der Waals surface area contributed by atoms with Gasteiger partial charge in [-0.3, -0.25) is 19.3 Å². The Balaban J connectivity index is 1.59. The van der Waals surface area contributed by atoms with Gasteiger partial charge in [-0.1, -0.05) is 67.4 Å². The van der Waals surface area contributed by atoms with Crippen LogP contribution >= 0.6 is 0 Å². The van der Waals surface area contributed by atoms with Crippen LogP contribution in [0.25, 0.3) is 10.8 Å². The van der Waals surface area contributed by atoms with Gasteiger partial charge >= 0.3 is 0 Å². The summed E-state index contributed by atoms with van der Waals surface area (Å²) in [6, 6.07) is 18.6. The molecule has 176 valence electrons. The third-order valence-corrected chi connectivity index (χ3v) is 6.41. The molecular formula is C28H31N3O3. The fourth-order valence-electron chi connectivity index (χ4n) is 4.37. The molecule has 1 N–H and O–H groups in total. The van der Waals surface area contributed by atoms with E-state index in [0.29, 0.717) is 18.7 Å². The maximum Gasteiger partial charge on any atom is 0.259 e. The lowest BCUT2D eigenvalue weighted by atomic mass is 10.1. The monoisotopic (exact) mass is 457 g/mol. The molecule has 3 aromatic carbocycles. The van der Waals surface area contributed by atoms with Gasteiger partial charge in [0.1, 0.15) is 12.6 Å². The van der Waals surface area contributed by atoms with E-state index in [1.165, 1.54) is 4.90 Å². The highest BCUT2D eigenvalue weighted by molar-refractivity contribution is 6.26. The highest BCUT2D eigenvalue weighted by Crippen LogP contribution is 2.37. The highest BCUT2D eigenvalue weighted by atomic mass is 16.2. The summed E-state index contributed by atoms with van der Waals surface area (Å²) in [4.78, 5) is 42.8. The predicted molar refractivity (Wildman–Crippen MR) is 135 cm³/mol. The Hall–Kier alpha value is -3.67. The van der Waals surface area contributed by atoms with E-state index >= 15 is 0 Å². The Morgan fingerprint density at radius 3 is 2.44 bits per heavy atom. The minimum Gasteiger partial charge on any atom is -0.354 e. The molecule has 4 rings (SSSR count). The minimum atomic E-state index is -0.665. The summed E-state index contributed by atoms with van der Waals surface area (Å²) in [6.07, 6.45) is 1.86. The van der Waals surface area contributed by atoms with Crippen molar-refractivity contribution in [3.8, 4) is 0 Å². The molecule has 1 aliphatic rings. The molecule has 0 bridgehead atoms. The van der Waals surface area contributed by atoms with Gasteiger partial charge in [-0.2, -0.15) is 0 Å². The Morgan fingerprint density at radius 2 is 1.74 bits per heavy atom. The number of carbonyl (C=O) groups excluding carboxylic acids is 3. The van der Waals surface area contributed by atoms with Crippen molar-refractivity contribution >= 4 is 34.2 Å². The first-order valence-corrected chi connectivity index (χ1v) is 11.9. The molecule has 1 aliphatic heterocycles. The Labute approximate surface area is 200 Å². The SMILES string of the molecule is CCCCNC(=O)[C@@H](C)N(Cc1ccc(C)cc1)C(=O)CN1C(=O)c2cccc3cccc1c23. The highest BCUT2D eigenvalue weighted by Gasteiger charge is 2.34. The number of aryl methyl sites for hydroxylation is 1. The number of benzene rings is 3. The number of anilines is 1. The Kier molecular flexibility index (Phi) is 6.96. The molecule has 3 aromatic rings. The molecule has 0 radical (unpaired) electrons. The van der Waals surface area contributed by atoms with Gasteiger partial charge in [0.25, 0.3) is 5.91 Å². The normalized spacial score (nSPS) is 13.3. The van der Waals surface area contributed by atoms with Crippen molar-refractivity contribution in [2.45, 2.75) is 46.2 Å². The van der Waals surface area contributed by atoms with Gasteiger partial charge in [-0.05, 0) is 43.4 Å². The number of rotatable bonds is 9. The summed E-state index contributed by atoms with van der Waals surface area (Å²) in [7, 11) is 0. The first-order valence-electron chi connectivity index (χ1n) is 11.9. The van der Waals surface area contributed by atoms with Crippen molar-refractivity contribution in [1.29, 1.82) is 0 Å². The van der Waals surface area contributed by atoms with Crippen LogP contribution in [0.4, 0.5) is 5.69 Å². The van der Waals surface area contributed by atoms with Crippen LogP contribution in [-0.4, -0.2) is 41.8 Å². The van der Waals surface area contributed by atoms with E-state index in [2.05, 4.69) is 12.2 Å². The zero-order chi connectivity index (χ0) is 24.2. The van der Waals surface area contributed by atoms with Gasteiger partial charge < -0.3 is 10.2 Å². The van der Waals surface area contributed by atoms with Gasteiger partial charge in [0, 0.05) is 24.0 Å². The van der Waals surface area contributed by atoms with E-state index in [4.69, 9.17) is 0 Å². The van der Waals surface area contributed by atoms with E-state index in [1.54, 1.807) is 17.9 Å². The molecule has 0 unspecified atom stereocenters. The fourth-order valence-corrected chi connectivity index (χ4v) is 4.37. The van der Waals surface area contributed by atoms with Gasteiger partial charge in [0.05, 0.1) is 5.69 Å². The number of amides is 3. The van der Waals surface area contributed by atoms with Crippen LogP contribution in [0.15, 0.2) is 60.7 Å². The van der Waals surface area contributed by atoms with Crippen LogP contribution in [0.2, 0.25) is 0 Å². The molecule has 0 aromatic heterocycles. The number of nitrogens with zero attached hydrogens (tertiary/aromatic N) is 2. The average Bonchev–Trinajstić information content (AvgIpc) is 3.11. The summed E-state index contributed by atoms with van der Waals surface area (Å²) >= 11 is 0. The molecule has 0 saturated heterocycles. The van der Waals surface area contributed by atoms with Gasteiger partial charge in [0.15, 0.2) is 0 Å². The van der Waals surface area contributed by atoms with Crippen molar-refractivity contribution in [3.05, 3.63) is 77.4 Å². The zero-order valence-electron chi connectivity index (χ0n) is 20.0. The fraction of sp³-hybridized carbons (Fsp3) is 0.321. The summed E-state index contributed by atoms with van der Waals surface area (Å²) in [5, 5.41) is 4.78. The largest absolute Gasteiger partial charge is 0.354 e. The smallest absolute Gasteiger partial charge is 0.259 e. The van der Waals surface area contributed by atoms with Gasteiger partial charge in [-0.15, -0.1) is 0 Å². The summed E-state index contributed by atoms with van der Waals surface area (Å²) in [5.74, 6) is -0.639. The molecule has 0 aliphatic carbocycles. The van der Waals surface area contributed by atoms with Crippen LogP contribution in [0, 0.1) is 6.92 Å². The Bertz CT molecular complexity index is 1210. The van der Waals surface area contributed by atoms with Gasteiger partial charge in [-0.25, -0.2) is 0 Å². The maximum atomic E-state index is 13.6. The molecule has 6 heteroatoms. The Morgan fingerprint density at radius 1 is 1.03 bits per heavy atom. The molecule has 0 spiro atoms. The number of hydrogen-bond acceptors (Lipinski definition) is 3. The van der Waals surface area contributed by atoms with Crippen LogP contribution in [0.1, 0.15) is 48.2 Å². The van der Waals surface area contributed by atoms with E-state index in [1.807, 2.05) is 61.5 Å². The second-order valence-electron chi connectivity index (χ2n) is 8.90. The first kappa shape index (κ1) is 23.5. The zero-order valence-corrected chi connectivity index (χ0v) is 20.0. The van der Waals surface area contributed by atoms with E-state index < -0.39 is 6.04 Å². The molecule has 3 amide bonds. The van der Waals surface area contributed by atoms with E-state index in [-0.39, 0.29) is 24.3 Å². The summed E-state index contributed by atoms with van der Waals surface area (Å²) in [6.45, 7) is 6.57. The van der Waals surface area contributed by atoms with Crippen LogP contribution in [0.3, 0.4) is 0 Å². The number of unbranched alkanes of at least 4 members (excludes halogenated alkanes) is 1. The standard InChI is InChI=1S/C28H31N3O3/c1-4-5-16-29-27(33)20(3)30(17-21-14-12-19(2)13-15-21)25(32)18-31-24-11-7-9-22-8-6-10-23(26(22)24)28(31)34/h6-15,20H,4-5,16-18H2,1-3H3,(H,29,33)/t20-/m1/s1. The average molecular weight is 458 g/mol. The maximum absolute atomic E-state index is 13.6. The molecule has 0 fully saturated rings. The van der Waals surface area contributed by atoms with Crippen molar-refractivity contribution in [1.82, 2.24) is 10.2 Å².